The Hall–Kier alpha value is -1.60. The molecule has 1 aliphatic heterocycles. The van der Waals surface area contributed by atoms with Gasteiger partial charge in [0.15, 0.2) is 6.61 Å². The summed E-state index contributed by atoms with van der Waals surface area (Å²) < 4.78 is 5.19. The minimum Gasteiger partial charge on any atom is -1.00 e. The van der Waals surface area contributed by atoms with E-state index in [1.807, 2.05) is 32.0 Å². The number of rotatable bonds is 8. The summed E-state index contributed by atoms with van der Waals surface area (Å²) >= 11 is 7.80. The molecule has 0 spiro atoms. The number of ether oxygens (including phenoxy) is 1. The molecule has 0 aliphatic carbocycles. The quantitative estimate of drug-likeness (QED) is 0.259. The number of carbonyl (C=O) groups excluding carboxylic acids is 1. The molecule has 1 saturated heterocycles. The Labute approximate surface area is 199 Å². The van der Waals surface area contributed by atoms with Gasteiger partial charge in [-0.1, -0.05) is 22.8 Å². The van der Waals surface area contributed by atoms with Gasteiger partial charge < -0.3 is 26.9 Å². The maximum atomic E-state index is 12.0. The van der Waals surface area contributed by atoms with Crippen molar-refractivity contribution in [3.63, 3.8) is 0 Å². The first-order valence-corrected chi connectivity index (χ1v) is 11.8. The number of hydrogen-bond acceptors (Lipinski definition) is 5. The third-order valence-corrected chi connectivity index (χ3v) is 6.72. The summed E-state index contributed by atoms with van der Waals surface area (Å²) in [4.78, 5) is 20.3. The maximum absolute atomic E-state index is 12.0. The van der Waals surface area contributed by atoms with Crippen molar-refractivity contribution in [3.05, 3.63) is 56.2 Å². The summed E-state index contributed by atoms with van der Waals surface area (Å²) in [6, 6.07) is 7.92. The Kier molecular flexibility index (Phi) is 10.3. The van der Waals surface area contributed by atoms with E-state index >= 15 is 0 Å². The zero-order valence-corrected chi connectivity index (χ0v) is 20.6. The van der Waals surface area contributed by atoms with Crippen molar-refractivity contribution < 1.29 is 31.7 Å². The lowest BCUT2D eigenvalue weighted by Crippen LogP contribution is -3.14. The molecule has 2 heterocycles. The Balaban J connectivity index is 0.00000341. The zero-order chi connectivity index (χ0) is 21.5. The van der Waals surface area contributed by atoms with E-state index < -0.39 is 0 Å². The molecule has 1 N–H and O–H groups in total. The molecule has 1 fully saturated rings. The number of nitrogens with one attached hydrogen (secondary N) is 1. The summed E-state index contributed by atoms with van der Waals surface area (Å²) in [6.45, 7) is 9.59. The predicted octanol–water partition coefficient (Wildman–Crippen LogP) is 0.649. The second-order valence-corrected chi connectivity index (χ2v) is 9.06. The van der Waals surface area contributed by atoms with Crippen molar-refractivity contribution >= 4 is 34.6 Å². The number of oxime groups is 1. The number of carbonyl (C=O) groups is 1. The third kappa shape index (κ3) is 6.94. The van der Waals surface area contributed by atoms with Crippen molar-refractivity contribution in [1.82, 2.24) is 0 Å². The van der Waals surface area contributed by atoms with Gasteiger partial charge in [-0.15, -0.1) is 11.3 Å². The van der Waals surface area contributed by atoms with Crippen LogP contribution in [-0.4, -0.2) is 44.5 Å². The molecule has 0 saturated carbocycles. The molecule has 170 valence electrons. The molecule has 1 aromatic carbocycles. The van der Waals surface area contributed by atoms with Crippen molar-refractivity contribution in [3.8, 4) is 0 Å². The molecule has 5 nitrogen and oxygen atoms in total. The van der Waals surface area contributed by atoms with Gasteiger partial charge in [0.1, 0.15) is 18.2 Å². The van der Waals surface area contributed by atoms with Crippen LogP contribution in [0, 0.1) is 19.8 Å². The van der Waals surface area contributed by atoms with Gasteiger partial charge in [-0.25, -0.2) is 0 Å². The molecule has 8 heteroatoms. The molecule has 0 amide bonds. The van der Waals surface area contributed by atoms with E-state index in [2.05, 4.69) is 23.5 Å². The van der Waals surface area contributed by atoms with Crippen LogP contribution in [0.25, 0.3) is 0 Å². The van der Waals surface area contributed by atoms with Crippen molar-refractivity contribution in [2.75, 3.05) is 32.8 Å². The fraction of sp³-hybridized carbons (Fsp3) is 0.478. The smallest absolute Gasteiger partial charge is 0.314 e. The Morgan fingerprint density at radius 3 is 2.77 bits per heavy atom. The largest absolute Gasteiger partial charge is 1.00 e. The number of nitrogens with zero attached hydrogens (tertiary/aromatic N) is 1. The first kappa shape index (κ1) is 25.7. The maximum Gasteiger partial charge on any atom is 0.314 e. The number of benzene rings is 1. The molecule has 1 unspecified atom stereocenters. The predicted molar refractivity (Wildman–Crippen MR) is 122 cm³/mol. The molecular formula is C23H30Cl2N2O3S. The van der Waals surface area contributed by atoms with E-state index in [0.29, 0.717) is 18.2 Å². The topological polar surface area (TPSA) is 52.3 Å². The normalized spacial score (nSPS) is 18.9. The van der Waals surface area contributed by atoms with Crippen LogP contribution in [0.5, 0.6) is 0 Å². The standard InChI is InChI=1S/C23H29ClN2O3S.ClH/c1-4-28-23(27)18-6-5-10-26(15-18)11-12-29-25-21(22-16(2)9-13-30-22)20-8-7-19(24)14-17(20)3;/h7-9,13-14,18H,4-6,10-12,15H2,1-3H3;1H/b25-21-;/t18-;/m1./s1. The van der Waals surface area contributed by atoms with E-state index in [0.717, 1.165) is 54.2 Å². The van der Waals surface area contributed by atoms with Crippen LogP contribution in [-0.2, 0) is 14.4 Å². The van der Waals surface area contributed by atoms with Crippen molar-refractivity contribution in [1.29, 1.82) is 0 Å². The highest BCUT2D eigenvalue weighted by Gasteiger charge is 2.29. The molecule has 2 aromatic rings. The Bertz CT molecular complexity index is 901. The summed E-state index contributed by atoms with van der Waals surface area (Å²) in [5, 5.41) is 7.32. The number of halogens is 2. The highest BCUT2D eigenvalue weighted by atomic mass is 35.5. The number of hydrogen-bond donors (Lipinski definition) is 1. The molecule has 3 rings (SSSR count). The number of thiophene rings is 1. The first-order chi connectivity index (χ1) is 14.5. The molecule has 2 atom stereocenters. The first-order valence-electron chi connectivity index (χ1n) is 10.5. The van der Waals surface area contributed by atoms with Crippen LogP contribution in [0.1, 0.15) is 41.3 Å². The van der Waals surface area contributed by atoms with Gasteiger partial charge in [-0.3, -0.25) is 4.79 Å². The lowest BCUT2D eigenvalue weighted by atomic mass is 9.98. The number of quaternary nitrogens is 1. The second kappa shape index (κ2) is 12.4. The van der Waals surface area contributed by atoms with E-state index in [-0.39, 0.29) is 24.3 Å². The fourth-order valence-electron chi connectivity index (χ4n) is 3.86. The number of aryl methyl sites for hydroxylation is 2. The highest BCUT2D eigenvalue weighted by Crippen LogP contribution is 2.24. The summed E-state index contributed by atoms with van der Waals surface area (Å²) in [7, 11) is 0. The van der Waals surface area contributed by atoms with Crippen LogP contribution >= 0.6 is 22.9 Å². The van der Waals surface area contributed by atoms with Gasteiger partial charge in [-0.2, -0.15) is 0 Å². The molecule has 1 aliphatic rings. The molecular weight excluding hydrogens is 455 g/mol. The van der Waals surface area contributed by atoms with E-state index in [1.165, 1.54) is 10.5 Å². The van der Waals surface area contributed by atoms with Gasteiger partial charge in [0.05, 0.1) is 24.6 Å². The van der Waals surface area contributed by atoms with Crippen LogP contribution < -0.4 is 17.3 Å². The molecule has 0 bridgehead atoms. The third-order valence-electron chi connectivity index (χ3n) is 5.46. The molecule has 1 aromatic heterocycles. The summed E-state index contributed by atoms with van der Waals surface area (Å²) in [5.74, 6) is -0.0689. The van der Waals surface area contributed by atoms with Gasteiger partial charge >= 0.3 is 5.97 Å². The van der Waals surface area contributed by atoms with Gasteiger partial charge in [-0.05, 0) is 68.3 Å². The van der Waals surface area contributed by atoms with Crippen LogP contribution in [0.2, 0.25) is 5.02 Å². The average Bonchev–Trinajstić information content (AvgIpc) is 3.15. The Morgan fingerprint density at radius 1 is 1.29 bits per heavy atom. The van der Waals surface area contributed by atoms with Crippen LogP contribution in [0.3, 0.4) is 0 Å². The lowest BCUT2D eigenvalue weighted by molar-refractivity contribution is -0.908. The van der Waals surface area contributed by atoms with E-state index in [1.54, 1.807) is 11.3 Å². The van der Waals surface area contributed by atoms with E-state index in [4.69, 9.17) is 21.2 Å². The minimum absolute atomic E-state index is 0. The number of esters is 1. The Morgan fingerprint density at radius 2 is 2.10 bits per heavy atom. The fourth-order valence-corrected chi connectivity index (χ4v) is 5.01. The second-order valence-electron chi connectivity index (χ2n) is 7.71. The number of piperidine rings is 1. The zero-order valence-electron chi connectivity index (χ0n) is 18.2. The monoisotopic (exact) mass is 484 g/mol. The van der Waals surface area contributed by atoms with Gasteiger partial charge in [0.2, 0.25) is 0 Å². The average molecular weight is 485 g/mol. The molecule has 0 radical (unpaired) electrons. The van der Waals surface area contributed by atoms with Gasteiger partial charge in [0.25, 0.3) is 0 Å². The number of likely N-dealkylation sites (tertiary alicyclic amines) is 1. The minimum atomic E-state index is -0.0673. The molecule has 31 heavy (non-hydrogen) atoms. The van der Waals surface area contributed by atoms with Crippen LogP contribution in [0.4, 0.5) is 0 Å². The van der Waals surface area contributed by atoms with Crippen molar-refractivity contribution in [2.24, 2.45) is 11.1 Å². The van der Waals surface area contributed by atoms with Crippen molar-refractivity contribution in [2.45, 2.75) is 33.6 Å². The van der Waals surface area contributed by atoms with Gasteiger partial charge in [0, 0.05) is 10.6 Å². The SMILES string of the molecule is CCOC(=O)[C@@H]1CCC[NH+](CCO/N=C(/c2ccc(Cl)cc2C)c2sccc2C)C1.[Cl-]. The summed E-state index contributed by atoms with van der Waals surface area (Å²) in [5.41, 5.74) is 4.11. The lowest BCUT2D eigenvalue weighted by Gasteiger charge is -2.28. The highest BCUT2D eigenvalue weighted by molar-refractivity contribution is 7.12. The summed E-state index contributed by atoms with van der Waals surface area (Å²) in [6.07, 6.45) is 1.95. The van der Waals surface area contributed by atoms with E-state index in [9.17, 15) is 4.79 Å². The van der Waals surface area contributed by atoms with Crippen LogP contribution in [0.15, 0.2) is 34.8 Å².